The highest BCUT2D eigenvalue weighted by Gasteiger charge is 2.35. The number of rotatable bonds is 11. The van der Waals surface area contributed by atoms with Gasteiger partial charge in [-0.05, 0) is 37.5 Å². The molecular weight excluding hydrogens is 348 g/mol. The van der Waals surface area contributed by atoms with Crippen molar-refractivity contribution < 1.29 is 27.1 Å². The van der Waals surface area contributed by atoms with Crippen LogP contribution in [0.5, 0.6) is 0 Å². The molecule has 2 nitrogen and oxygen atoms in total. The van der Waals surface area contributed by atoms with Crippen LogP contribution in [-0.4, -0.2) is 12.1 Å². The summed E-state index contributed by atoms with van der Waals surface area (Å²) in [5, 5.41) is 0. The molecule has 0 N–H and O–H groups in total. The van der Waals surface area contributed by atoms with Crippen LogP contribution >= 0.6 is 0 Å². The van der Waals surface area contributed by atoms with E-state index >= 15 is 0 Å². The molecule has 1 rings (SSSR count). The summed E-state index contributed by atoms with van der Waals surface area (Å²) >= 11 is 0. The van der Waals surface area contributed by atoms with Crippen molar-refractivity contribution in [3.63, 3.8) is 0 Å². The van der Waals surface area contributed by atoms with E-state index in [1.807, 2.05) is 6.92 Å². The third-order valence-corrected chi connectivity index (χ3v) is 4.29. The predicted octanol–water partition coefficient (Wildman–Crippen LogP) is 6.92. The second-order valence-electron chi connectivity index (χ2n) is 6.56. The molecule has 0 spiro atoms. The minimum absolute atomic E-state index is 0.272. The number of carbonyl (C=O) groups is 1. The topological polar surface area (TPSA) is 26.3 Å². The van der Waals surface area contributed by atoms with Gasteiger partial charge < -0.3 is 4.74 Å². The number of ether oxygens (including phenoxy) is 1. The highest BCUT2D eigenvalue weighted by atomic mass is 19.4. The predicted molar refractivity (Wildman–Crippen MR) is 93.5 cm³/mol. The summed E-state index contributed by atoms with van der Waals surface area (Å²) in [4.78, 5) is 12.2. The lowest BCUT2D eigenvalue weighted by atomic mass is 10.0. The number of carbonyl (C=O) groups excluding carboxylic acids is 1. The average Bonchev–Trinajstić information content (AvgIpc) is 2.58. The molecule has 1 aromatic carbocycles. The van der Waals surface area contributed by atoms with Crippen LogP contribution in [0.15, 0.2) is 18.2 Å². The van der Waals surface area contributed by atoms with Gasteiger partial charge in [-0.2, -0.15) is 13.2 Å². The highest BCUT2D eigenvalue weighted by Crippen LogP contribution is 2.32. The van der Waals surface area contributed by atoms with Gasteiger partial charge in [-0.25, -0.2) is 9.18 Å². The van der Waals surface area contributed by atoms with E-state index in [1.165, 1.54) is 0 Å². The Morgan fingerprint density at radius 2 is 1.62 bits per heavy atom. The largest absolute Gasteiger partial charge is 0.459 e. The molecular formula is C20H28F4O2. The Bertz CT molecular complexity index is 555. The van der Waals surface area contributed by atoms with Crippen molar-refractivity contribution in [1.82, 2.24) is 0 Å². The molecule has 6 heteroatoms. The van der Waals surface area contributed by atoms with Gasteiger partial charge in [-0.15, -0.1) is 0 Å². The van der Waals surface area contributed by atoms with Crippen LogP contribution < -0.4 is 0 Å². The lowest BCUT2D eigenvalue weighted by molar-refractivity contribution is -0.140. The monoisotopic (exact) mass is 376 g/mol. The van der Waals surface area contributed by atoms with Gasteiger partial charge in [-0.1, -0.05) is 52.4 Å². The number of benzene rings is 1. The van der Waals surface area contributed by atoms with Crippen molar-refractivity contribution in [2.24, 2.45) is 0 Å². The number of esters is 1. The molecule has 0 fully saturated rings. The lowest BCUT2D eigenvalue weighted by Crippen LogP contribution is -2.19. The first-order valence-corrected chi connectivity index (χ1v) is 9.37. The number of hydrogen-bond acceptors (Lipinski definition) is 2. The second kappa shape index (κ2) is 11.2. The summed E-state index contributed by atoms with van der Waals surface area (Å²) < 4.78 is 57.2. The fourth-order valence-electron chi connectivity index (χ4n) is 2.76. The summed E-state index contributed by atoms with van der Waals surface area (Å²) in [5.41, 5.74) is -1.72. The first kappa shape index (κ1) is 22.5. The van der Waals surface area contributed by atoms with Crippen molar-refractivity contribution in [3.05, 3.63) is 35.1 Å². The fourth-order valence-corrected chi connectivity index (χ4v) is 2.76. The maximum absolute atomic E-state index is 13.4. The minimum Gasteiger partial charge on any atom is -0.459 e. The van der Waals surface area contributed by atoms with E-state index < -0.39 is 23.5 Å². The Hall–Kier alpha value is -1.59. The molecule has 26 heavy (non-hydrogen) atoms. The van der Waals surface area contributed by atoms with Gasteiger partial charge in [0.2, 0.25) is 0 Å². The van der Waals surface area contributed by atoms with Crippen LogP contribution in [0.2, 0.25) is 0 Å². The van der Waals surface area contributed by atoms with Crippen molar-refractivity contribution in [2.75, 3.05) is 0 Å². The smallest absolute Gasteiger partial charge is 0.419 e. The Labute approximate surface area is 152 Å². The zero-order valence-electron chi connectivity index (χ0n) is 15.5. The Morgan fingerprint density at radius 3 is 2.23 bits per heavy atom. The van der Waals surface area contributed by atoms with Gasteiger partial charge in [-0.3, -0.25) is 0 Å². The van der Waals surface area contributed by atoms with E-state index in [4.69, 9.17) is 4.74 Å². The van der Waals surface area contributed by atoms with E-state index in [0.29, 0.717) is 25.0 Å². The molecule has 1 unspecified atom stereocenters. The molecule has 0 heterocycles. The molecule has 1 aromatic rings. The normalized spacial score (nSPS) is 12.8. The zero-order valence-corrected chi connectivity index (χ0v) is 15.5. The quantitative estimate of drug-likeness (QED) is 0.238. The summed E-state index contributed by atoms with van der Waals surface area (Å²) in [5.74, 6) is -2.22. The SMILES string of the molecule is CCCCCCCC(CCCC)OC(=O)c1ccc(F)c(C(F)(F)F)c1. The number of hydrogen-bond donors (Lipinski definition) is 0. The van der Waals surface area contributed by atoms with Crippen molar-refractivity contribution in [1.29, 1.82) is 0 Å². The molecule has 0 radical (unpaired) electrons. The van der Waals surface area contributed by atoms with E-state index in [9.17, 15) is 22.4 Å². The Kier molecular flexibility index (Phi) is 9.66. The second-order valence-corrected chi connectivity index (χ2v) is 6.56. The number of alkyl halides is 3. The highest BCUT2D eigenvalue weighted by molar-refractivity contribution is 5.89. The molecule has 0 aliphatic heterocycles. The van der Waals surface area contributed by atoms with Crippen LogP contribution in [0, 0.1) is 5.82 Å². The van der Waals surface area contributed by atoms with Crippen LogP contribution in [0.4, 0.5) is 17.6 Å². The van der Waals surface area contributed by atoms with E-state index in [1.54, 1.807) is 0 Å². The van der Waals surface area contributed by atoms with Crippen LogP contribution in [0.1, 0.15) is 87.6 Å². The molecule has 0 saturated heterocycles. The number of halogens is 4. The molecule has 1 atom stereocenters. The molecule has 0 saturated carbocycles. The molecule has 148 valence electrons. The minimum atomic E-state index is -4.85. The fraction of sp³-hybridized carbons (Fsp3) is 0.650. The zero-order chi connectivity index (χ0) is 19.6. The Balaban J connectivity index is 2.72. The van der Waals surface area contributed by atoms with E-state index in [-0.39, 0.29) is 11.7 Å². The summed E-state index contributed by atoms with van der Waals surface area (Å²) in [6.07, 6.45) is 3.43. The van der Waals surface area contributed by atoms with E-state index in [2.05, 4.69) is 6.92 Å². The molecule has 0 aromatic heterocycles. The molecule has 0 amide bonds. The Morgan fingerprint density at radius 1 is 1.00 bits per heavy atom. The summed E-state index contributed by atoms with van der Waals surface area (Å²) in [6, 6.07) is 2.21. The number of unbranched alkanes of at least 4 members (excludes halogenated alkanes) is 5. The van der Waals surface area contributed by atoms with Crippen molar-refractivity contribution >= 4 is 5.97 Å². The standard InChI is InChI=1S/C20H28F4O2/c1-3-5-7-8-9-11-16(10-6-4-2)26-19(25)15-12-13-18(21)17(14-15)20(22,23)24/h12-14,16H,3-11H2,1-2H3. The van der Waals surface area contributed by atoms with Gasteiger partial charge in [0.15, 0.2) is 0 Å². The molecule has 0 bridgehead atoms. The summed E-state index contributed by atoms with van der Waals surface area (Å²) in [7, 11) is 0. The van der Waals surface area contributed by atoms with Crippen molar-refractivity contribution in [2.45, 2.75) is 83.9 Å². The van der Waals surface area contributed by atoms with Gasteiger partial charge in [0.25, 0.3) is 0 Å². The van der Waals surface area contributed by atoms with Gasteiger partial charge in [0.05, 0.1) is 11.1 Å². The average molecular weight is 376 g/mol. The molecule has 0 aliphatic rings. The van der Waals surface area contributed by atoms with Gasteiger partial charge in [0.1, 0.15) is 11.9 Å². The maximum atomic E-state index is 13.4. The third kappa shape index (κ3) is 7.75. The van der Waals surface area contributed by atoms with Gasteiger partial charge >= 0.3 is 12.1 Å². The van der Waals surface area contributed by atoms with Crippen LogP contribution in [-0.2, 0) is 10.9 Å². The van der Waals surface area contributed by atoms with Crippen LogP contribution in [0.25, 0.3) is 0 Å². The summed E-state index contributed by atoms with van der Waals surface area (Å²) in [6.45, 7) is 4.15. The van der Waals surface area contributed by atoms with Gasteiger partial charge in [0, 0.05) is 0 Å². The third-order valence-electron chi connectivity index (χ3n) is 4.29. The maximum Gasteiger partial charge on any atom is 0.419 e. The molecule has 0 aliphatic carbocycles. The van der Waals surface area contributed by atoms with E-state index in [0.717, 1.165) is 51.0 Å². The first-order chi connectivity index (χ1) is 12.3. The van der Waals surface area contributed by atoms with Crippen LogP contribution in [0.3, 0.4) is 0 Å². The lowest BCUT2D eigenvalue weighted by Gasteiger charge is -2.18. The van der Waals surface area contributed by atoms with Crippen molar-refractivity contribution in [3.8, 4) is 0 Å². The first-order valence-electron chi connectivity index (χ1n) is 9.37.